The van der Waals surface area contributed by atoms with Crippen LogP contribution in [0, 0.1) is 19.7 Å². The van der Waals surface area contributed by atoms with E-state index < -0.39 is 17.6 Å². The average Bonchev–Trinajstić information content (AvgIpc) is 2.72. The van der Waals surface area contributed by atoms with Crippen molar-refractivity contribution in [1.82, 2.24) is 9.97 Å². The molecule has 3 rings (SSSR count). The second-order valence-electron chi connectivity index (χ2n) is 7.13. The predicted octanol–water partition coefficient (Wildman–Crippen LogP) is 4.60. The van der Waals surface area contributed by atoms with Gasteiger partial charge in [-0.2, -0.15) is 0 Å². The number of carbonyl (C=O) groups is 2. The Morgan fingerprint density at radius 3 is 2.32 bits per heavy atom. The molecular weight excluding hydrogens is 421 g/mol. The minimum absolute atomic E-state index is 0.0449. The second kappa shape index (κ2) is 8.81. The van der Waals surface area contributed by atoms with Gasteiger partial charge in [0.1, 0.15) is 11.5 Å². The number of methoxy groups -OCH3 is 1. The van der Waals surface area contributed by atoms with E-state index in [-0.39, 0.29) is 11.7 Å². The monoisotopic (exact) mass is 441 g/mol. The van der Waals surface area contributed by atoms with Crippen LogP contribution in [0.3, 0.4) is 0 Å². The van der Waals surface area contributed by atoms with Crippen LogP contribution in [0.4, 0.5) is 4.39 Å². The summed E-state index contributed by atoms with van der Waals surface area (Å²) in [6, 6.07) is 9.58. The lowest BCUT2D eigenvalue weighted by molar-refractivity contribution is -0.141. The zero-order valence-electron chi connectivity index (χ0n) is 17.5. The number of halogens is 2. The van der Waals surface area contributed by atoms with Crippen molar-refractivity contribution >= 4 is 23.5 Å². The Bertz CT molecular complexity index is 1200. The van der Waals surface area contributed by atoms with Crippen molar-refractivity contribution in [2.45, 2.75) is 26.7 Å². The maximum Gasteiger partial charge on any atom is 0.312 e. The number of primary amides is 1. The molecule has 1 amide bonds. The normalized spacial score (nSPS) is 11.8. The number of aromatic nitrogens is 2. The number of hydrogen-bond acceptors (Lipinski definition) is 5. The van der Waals surface area contributed by atoms with E-state index in [0.29, 0.717) is 44.4 Å². The summed E-state index contributed by atoms with van der Waals surface area (Å²) in [5.74, 6) is -2.09. The van der Waals surface area contributed by atoms with Gasteiger partial charge in [-0.05, 0) is 38.5 Å². The van der Waals surface area contributed by atoms with Crippen LogP contribution in [0.2, 0.25) is 5.02 Å². The Morgan fingerprint density at radius 2 is 1.74 bits per heavy atom. The molecule has 0 bridgehead atoms. The average molecular weight is 442 g/mol. The summed E-state index contributed by atoms with van der Waals surface area (Å²) in [7, 11) is 1.32. The van der Waals surface area contributed by atoms with Crippen LogP contribution in [-0.4, -0.2) is 29.0 Å². The first-order valence-electron chi connectivity index (χ1n) is 9.46. The number of amides is 1. The maximum absolute atomic E-state index is 15.0. The molecule has 0 fully saturated rings. The highest BCUT2D eigenvalue weighted by Crippen LogP contribution is 2.34. The zero-order chi connectivity index (χ0) is 22.9. The highest BCUT2D eigenvalue weighted by molar-refractivity contribution is 6.33. The molecule has 3 aromatic rings. The Morgan fingerprint density at radius 1 is 1.06 bits per heavy atom. The summed E-state index contributed by atoms with van der Waals surface area (Å²) < 4.78 is 19.8. The molecule has 0 aliphatic carbocycles. The molecule has 160 valence electrons. The van der Waals surface area contributed by atoms with E-state index in [1.807, 2.05) is 0 Å². The van der Waals surface area contributed by atoms with Gasteiger partial charge in [0.2, 0.25) is 0 Å². The molecule has 0 spiro atoms. The highest BCUT2D eigenvalue weighted by atomic mass is 35.5. The Hall–Kier alpha value is -3.32. The number of esters is 1. The van der Waals surface area contributed by atoms with Crippen LogP contribution in [0.5, 0.6) is 0 Å². The first kappa shape index (κ1) is 22.4. The molecule has 0 saturated heterocycles. The van der Waals surface area contributed by atoms with E-state index in [2.05, 4.69) is 9.97 Å². The first-order valence-corrected chi connectivity index (χ1v) is 9.84. The zero-order valence-corrected chi connectivity index (χ0v) is 18.2. The number of ether oxygens (including phenoxy) is 1. The summed E-state index contributed by atoms with van der Waals surface area (Å²) in [6.45, 7) is 5.07. The number of hydrogen-bond donors (Lipinski definition) is 1. The molecule has 2 aromatic carbocycles. The van der Waals surface area contributed by atoms with Crippen LogP contribution in [0.1, 0.15) is 40.3 Å². The molecule has 1 unspecified atom stereocenters. The fraction of sp³-hybridized carbons (Fsp3) is 0.217. The molecule has 0 radical (unpaired) electrons. The fourth-order valence-electron chi connectivity index (χ4n) is 3.35. The molecule has 2 N–H and O–H groups in total. The molecule has 31 heavy (non-hydrogen) atoms. The van der Waals surface area contributed by atoms with E-state index in [1.165, 1.54) is 13.2 Å². The minimum atomic E-state index is -0.698. The fourth-order valence-corrected chi connectivity index (χ4v) is 3.64. The summed E-state index contributed by atoms with van der Waals surface area (Å²) in [6.07, 6.45) is 0. The highest BCUT2D eigenvalue weighted by Gasteiger charge is 2.19. The maximum atomic E-state index is 15.0. The molecule has 6 nitrogen and oxygen atoms in total. The number of nitrogens with zero attached hydrogens (tertiary/aromatic N) is 2. The van der Waals surface area contributed by atoms with Gasteiger partial charge in [0.15, 0.2) is 0 Å². The number of aryl methyl sites for hydroxylation is 2. The van der Waals surface area contributed by atoms with Gasteiger partial charge in [0.05, 0.1) is 30.1 Å². The van der Waals surface area contributed by atoms with Crippen molar-refractivity contribution in [3.63, 3.8) is 0 Å². The molecular formula is C23H21ClFN3O3. The molecule has 8 heteroatoms. The van der Waals surface area contributed by atoms with Crippen LogP contribution < -0.4 is 5.73 Å². The number of nitrogens with two attached hydrogens (primary N) is 1. The Labute approximate surface area is 184 Å². The third-order valence-electron chi connectivity index (χ3n) is 5.06. The van der Waals surface area contributed by atoms with Crippen molar-refractivity contribution in [1.29, 1.82) is 0 Å². The van der Waals surface area contributed by atoms with E-state index >= 15 is 4.39 Å². The topological polar surface area (TPSA) is 95.2 Å². The Balaban J connectivity index is 2.02. The SMILES string of the molecule is COC(=O)C(C)c1ccc(-c2ccc(-c3nc(C(N)=O)c(C)nc3C)cc2F)c(Cl)c1. The van der Waals surface area contributed by atoms with Gasteiger partial charge < -0.3 is 10.5 Å². The smallest absolute Gasteiger partial charge is 0.312 e. The van der Waals surface area contributed by atoms with Gasteiger partial charge in [0.25, 0.3) is 5.91 Å². The van der Waals surface area contributed by atoms with Crippen molar-refractivity contribution in [2.24, 2.45) is 5.73 Å². The van der Waals surface area contributed by atoms with Crippen molar-refractivity contribution in [3.8, 4) is 22.4 Å². The van der Waals surface area contributed by atoms with Crippen molar-refractivity contribution in [3.05, 3.63) is 69.9 Å². The summed E-state index contributed by atoms with van der Waals surface area (Å²) >= 11 is 6.39. The standard InChI is InChI=1S/C23H21ClFN3O3/c1-11(23(30)31-4)14-5-7-16(18(24)9-14)17-8-6-15(10-19(17)25)20-12(2)27-13(3)21(28-20)22(26)29/h5-11H,1-4H3,(H2,26,29). The lowest BCUT2D eigenvalue weighted by Crippen LogP contribution is -2.17. The van der Waals surface area contributed by atoms with Crippen LogP contribution >= 0.6 is 11.6 Å². The van der Waals surface area contributed by atoms with E-state index in [4.69, 9.17) is 22.1 Å². The molecule has 1 aromatic heterocycles. The lowest BCUT2D eigenvalue weighted by Gasteiger charge is -2.13. The third-order valence-corrected chi connectivity index (χ3v) is 5.37. The van der Waals surface area contributed by atoms with Crippen molar-refractivity contribution < 1.29 is 18.7 Å². The number of benzene rings is 2. The quantitative estimate of drug-likeness (QED) is 0.584. The minimum Gasteiger partial charge on any atom is -0.469 e. The third kappa shape index (κ3) is 4.41. The Kier molecular flexibility index (Phi) is 6.36. The summed E-state index contributed by atoms with van der Waals surface area (Å²) in [4.78, 5) is 31.9. The van der Waals surface area contributed by atoms with E-state index in [0.717, 1.165) is 0 Å². The molecule has 1 heterocycles. The summed E-state index contributed by atoms with van der Waals surface area (Å²) in [5.41, 5.74) is 8.64. The van der Waals surface area contributed by atoms with Gasteiger partial charge in [0, 0.05) is 21.7 Å². The van der Waals surface area contributed by atoms with Crippen LogP contribution in [0.25, 0.3) is 22.4 Å². The second-order valence-corrected chi connectivity index (χ2v) is 7.54. The van der Waals surface area contributed by atoms with E-state index in [1.54, 1.807) is 51.1 Å². The number of carbonyl (C=O) groups excluding carboxylic acids is 2. The lowest BCUT2D eigenvalue weighted by atomic mass is 9.96. The molecule has 0 aliphatic rings. The van der Waals surface area contributed by atoms with Gasteiger partial charge >= 0.3 is 5.97 Å². The largest absolute Gasteiger partial charge is 0.469 e. The van der Waals surface area contributed by atoms with Gasteiger partial charge in [-0.3, -0.25) is 14.6 Å². The number of rotatable bonds is 5. The van der Waals surface area contributed by atoms with Crippen molar-refractivity contribution in [2.75, 3.05) is 7.11 Å². The summed E-state index contributed by atoms with van der Waals surface area (Å²) in [5, 5.41) is 0.308. The van der Waals surface area contributed by atoms with Crippen LogP contribution in [0.15, 0.2) is 36.4 Å². The van der Waals surface area contributed by atoms with Crippen LogP contribution in [-0.2, 0) is 9.53 Å². The van der Waals surface area contributed by atoms with E-state index in [9.17, 15) is 9.59 Å². The molecule has 0 aliphatic heterocycles. The van der Waals surface area contributed by atoms with Gasteiger partial charge in [-0.1, -0.05) is 35.9 Å². The van der Waals surface area contributed by atoms with Gasteiger partial charge in [-0.25, -0.2) is 9.37 Å². The predicted molar refractivity (Wildman–Crippen MR) is 116 cm³/mol. The first-order chi connectivity index (χ1) is 14.6. The molecule has 1 atom stereocenters. The van der Waals surface area contributed by atoms with Gasteiger partial charge in [-0.15, -0.1) is 0 Å². The molecule has 0 saturated carbocycles.